The van der Waals surface area contributed by atoms with E-state index in [2.05, 4.69) is 19.3 Å². The van der Waals surface area contributed by atoms with Crippen LogP contribution < -0.4 is 11.3 Å². The Labute approximate surface area is 100 Å². The Balaban J connectivity index is 2.60. The number of hydrogen-bond donors (Lipinski definition) is 2. The van der Waals surface area contributed by atoms with Gasteiger partial charge in [0.15, 0.2) is 0 Å². The number of rotatable bonds is 3. The minimum absolute atomic E-state index is 0.248. The van der Waals surface area contributed by atoms with Gasteiger partial charge in [-0.1, -0.05) is 32.0 Å². The SMILES string of the molecule is CC(C)Cn1c(C(=O)NN)cc2ccccc21. The molecule has 0 aliphatic rings. The molecule has 1 amide bonds. The van der Waals surface area contributed by atoms with Crippen LogP contribution in [0.25, 0.3) is 10.9 Å². The van der Waals surface area contributed by atoms with Gasteiger partial charge in [-0.3, -0.25) is 10.2 Å². The van der Waals surface area contributed by atoms with Gasteiger partial charge < -0.3 is 4.57 Å². The maximum atomic E-state index is 11.7. The minimum Gasteiger partial charge on any atom is -0.336 e. The predicted molar refractivity (Wildman–Crippen MR) is 68.4 cm³/mol. The number of carbonyl (C=O) groups excluding carboxylic acids is 1. The first-order chi connectivity index (χ1) is 8.13. The number of hydrazine groups is 1. The lowest BCUT2D eigenvalue weighted by Gasteiger charge is -2.12. The summed E-state index contributed by atoms with van der Waals surface area (Å²) < 4.78 is 2.02. The zero-order valence-corrected chi connectivity index (χ0v) is 10.1. The summed E-state index contributed by atoms with van der Waals surface area (Å²) in [6.45, 7) is 5.05. The van der Waals surface area contributed by atoms with Crippen LogP contribution in [0.15, 0.2) is 30.3 Å². The Bertz CT molecular complexity index is 543. The summed E-state index contributed by atoms with van der Waals surface area (Å²) in [6.07, 6.45) is 0. The third kappa shape index (κ3) is 2.17. The van der Waals surface area contributed by atoms with Crippen molar-refractivity contribution in [2.45, 2.75) is 20.4 Å². The number of para-hydroxylation sites is 1. The summed E-state index contributed by atoms with van der Waals surface area (Å²) in [5.74, 6) is 5.43. The zero-order chi connectivity index (χ0) is 12.4. The van der Waals surface area contributed by atoms with Gasteiger partial charge in [-0.25, -0.2) is 5.84 Å². The fourth-order valence-corrected chi connectivity index (χ4v) is 2.03. The summed E-state index contributed by atoms with van der Waals surface area (Å²) in [7, 11) is 0. The number of benzene rings is 1. The molecule has 0 radical (unpaired) electrons. The van der Waals surface area contributed by atoms with E-state index in [1.165, 1.54) is 0 Å². The van der Waals surface area contributed by atoms with E-state index in [9.17, 15) is 4.79 Å². The topological polar surface area (TPSA) is 60.0 Å². The molecule has 0 unspecified atom stereocenters. The fraction of sp³-hybridized carbons (Fsp3) is 0.308. The first kappa shape index (κ1) is 11.7. The van der Waals surface area contributed by atoms with Crippen molar-refractivity contribution in [1.82, 2.24) is 9.99 Å². The standard InChI is InChI=1S/C13H17N3O/c1-9(2)8-16-11-6-4-3-5-10(11)7-12(16)13(17)15-14/h3-7,9H,8,14H2,1-2H3,(H,15,17). The summed E-state index contributed by atoms with van der Waals surface area (Å²) in [5.41, 5.74) is 3.88. The number of fused-ring (bicyclic) bond motifs is 1. The zero-order valence-electron chi connectivity index (χ0n) is 10.1. The maximum Gasteiger partial charge on any atom is 0.281 e. The van der Waals surface area contributed by atoms with Gasteiger partial charge in [0.2, 0.25) is 0 Å². The molecular weight excluding hydrogens is 214 g/mol. The lowest BCUT2D eigenvalue weighted by Crippen LogP contribution is -2.32. The Morgan fingerprint density at radius 2 is 2.12 bits per heavy atom. The second kappa shape index (κ2) is 4.59. The molecule has 4 nitrogen and oxygen atoms in total. The van der Waals surface area contributed by atoms with E-state index in [1.54, 1.807) is 0 Å². The van der Waals surface area contributed by atoms with Crippen LogP contribution >= 0.6 is 0 Å². The monoisotopic (exact) mass is 231 g/mol. The highest BCUT2D eigenvalue weighted by molar-refractivity contribution is 5.98. The molecule has 0 atom stereocenters. The van der Waals surface area contributed by atoms with Gasteiger partial charge in [0.05, 0.1) is 0 Å². The van der Waals surface area contributed by atoms with Crippen molar-refractivity contribution in [1.29, 1.82) is 0 Å². The van der Waals surface area contributed by atoms with Crippen LogP contribution in [0.3, 0.4) is 0 Å². The highest BCUT2D eigenvalue weighted by Crippen LogP contribution is 2.21. The van der Waals surface area contributed by atoms with E-state index >= 15 is 0 Å². The number of hydrogen-bond acceptors (Lipinski definition) is 2. The first-order valence-corrected chi connectivity index (χ1v) is 5.72. The molecule has 3 N–H and O–H groups in total. The van der Waals surface area contributed by atoms with E-state index in [0.29, 0.717) is 11.6 Å². The van der Waals surface area contributed by atoms with Crippen molar-refractivity contribution < 1.29 is 4.79 Å². The largest absolute Gasteiger partial charge is 0.336 e. The normalized spacial score (nSPS) is 11.1. The number of nitrogens with one attached hydrogen (secondary N) is 1. The van der Waals surface area contributed by atoms with Gasteiger partial charge in [-0.2, -0.15) is 0 Å². The highest BCUT2D eigenvalue weighted by atomic mass is 16.2. The molecule has 0 aliphatic heterocycles. The predicted octanol–water partition coefficient (Wildman–Crippen LogP) is 1.90. The third-order valence-corrected chi connectivity index (χ3v) is 2.72. The van der Waals surface area contributed by atoms with Gasteiger partial charge in [-0.05, 0) is 18.1 Å². The molecule has 1 aromatic carbocycles. The lowest BCUT2D eigenvalue weighted by molar-refractivity contribution is 0.0944. The first-order valence-electron chi connectivity index (χ1n) is 5.72. The maximum absolute atomic E-state index is 11.7. The Hall–Kier alpha value is -1.81. The molecule has 2 aromatic rings. The van der Waals surface area contributed by atoms with Crippen LogP contribution in [-0.4, -0.2) is 10.5 Å². The van der Waals surface area contributed by atoms with Crippen molar-refractivity contribution in [3.8, 4) is 0 Å². The molecule has 0 fully saturated rings. The van der Waals surface area contributed by atoms with Crippen LogP contribution in [0.5, 0.6) is 0 Å². The van der Waals surface area contributed by atoms with Crippen LogP contribution in [-0.2, 0) is 6.54 Å². The number of nitrogens with zero attached hydrogens (tertiary/aromatic N) is 1. The molecule has 1 heterocycles. The second-order valence-electron chi connectivity index (χ2n) is 4.57. The Morgan fingerprint density at radius 3 is 2.76 bits per heavy atom. The van der Waals surface area contributed by atoms with E-state index in [0.717, 1.165) is 17.4 Å². The summed E-state index contributed by atoms with van der Waals surface area (Å²) in [6, 6.07) is 9.83. The van der Waals surface area contributed by atoms with Crippen molar-refractivity contribution in [3.05, 3.63) is 36.0 Å². The van der Waals surface area contributed by atoms with E-state index in [1.807, 2.05) is 34.9 Å². The molecule has 17 heavy (non-hydrogen) atoms. The van der Waals surface area contributed by atoms with Crippen LogP contribution in [0.1, 0.15) is 24.3 Å². The molecule has 0 spiro atoms. The molecule has 0 saturated carbocycles. The average molecular weight is 231 g/mol. The van der Waals surface area contributed by atoms with Crippen molar-refractivity contribution >= 4 is 16.8 Å². The molecule has 0 bridgehead atoms. The van der Waals surface area contributed by atoms with Gasteiger partial charge in [-0.15, -0.1) is 0 Å². The van der Waals surface area contributed by atoms with E-state index in [-0.39, 0.29) is 5.91 Å². The van der Waals surface area contributed by atoms with E-state index in [4.69, 9.17) is 5.84 Å². The van der Waals surface area contributed by atoms with Gasteiger partial charge in [0, 0.05) is 17.4 Å². The van der Waals surface area contributed by atoms with Crippen molar-refractivity contribution in [2.24, 2.45) is 11.8 Å². The summed E-state index contributed by atoms with van der Waals surface area (Å²) in [4.78, 5) is 11.7. The van der Waals surface area contributed by atoms with Crippen LogP contribution in [0, 0.1) is 5.92 Å². The molecule has 2 rings (SSSR count). The number of nitrogens with two attached hydrogens (primary N) is 1. The number of amides is 1. The van der Waals surface area contributed by atoms with Crippen LogP contribution in [0.4, 0.5) is 0 Å². The fourth-order valence-electron chi connectivity index (χ4n) is 2.03. The summed E-state index contributed by atoms with van der Waals surface area (Å²) >= 11 is 0. The number of carbonyl (C=O) groups is 1. The highest BCUT2D eigenvalue weighted by Gasteiger charge is 2.14. The molecule has 0 saturated heterocycles. The average Bonchev–Trinajstić information content (AvgIpc) is 2.67. The Kier molecular flexibility index (Phi) is 3.15. The second-order valence-corrected chi connectivity index (χ2v) is 4.57. The molecule has 0 aliphatic carbocycles. The van der Waals surface area contributed by atoms with Gasteiger partial charge in [0.1, 0.15) is 5.69 Å². The molecule has 4 heteroatoms. The van der Waals surface area contributed by atoms with Crippen molar-refractivity contribution in [3.63, 3.8) is 0 Å². The Morgan fingerprint density at radius 1 is 1.41 bits per heavy atom. The lowest BCUT2D eigenvalue weighted by atomic mass is 10.2. The van der Waals surface area contributed by atoms with Crippen LogP contribution in [0.2, 0.25) is 0 Å². The molecule has 1 aromatic heterocycles. The minimum atomic E-state index is -0.248. The third-order valence-electron chi connectivity index (χ3n) is 2.72. The quantitative estimate of drug-likeness (QED) is 0.481. The van der Waals surface area contributed by atoms with Gasteiger partial charge in [0.25, 0.3) is 5.91 Å². The smallest absolute Gasteiger partial charge is 0.281 e. The molecule has 90 valence electrons. The molecular formula is C13H17N3O. The number of aromatic nitrogens is 1. The van der Waals surface area contributed by atoms with E-state index < -0.39 is 0 Å². The van der Waals surface area contributed by atoms with Crippen molar-refractivity contribution in [2.75, 3.05) is 0 Å². The number of nitrogen functional groups attached to an aromatic ring is 1. The summed E-state index contributed by atoms with van der Waals surface area (Å²) in [5, 5.41) is 1.06. The van der Waals surface area contributed by atoms with Gasteiger partial charge >= 0.3 is 0 Å².